The number of amidine groups is 4. The number of esters is 4. The zero-order valence-corrected chi connectivity index (χ0v) is 51.5. The maximum Gasteiger partial charge on any atom is 0.328 e. The molecule has 36 nitrogen and oxygen atoms in total. The highest BCUT2D eigenvalue weighted by molar-refractivity contribution is 6.35. The maximum atomic E-state index is 12.7. The first-order valence-electron chi connectivity index (χ1n) is 27.0. The van der Waals surface area contributed by atoms with Crippen molar-refractivity contribution in [3.63, 3.8) is 0 Å². The van der Waals surface area contributed by atoms with Gasteiger partial charge in [0.25, 0.3) is 17.7 Å². The Balaban J connectivity index is 0.000000367. The number of amides is 7. The number of nitrogens with two attached hydrogens (primary N) is 3. The van der Waals surface area contributed by atoms with E-state index in [2.05, 4.69) is 62.2 Å². The number of pyridine rings is 3. The van der Waals surface area contributed by atoms with Crippen molar-refractivity contribution in [3.05, 3.63) is 91.9 Å². The summed E-state index contributed by atoms with van der Waals surface area (Å²) in [5.41, 5.74) is 15.7. The Bertz CT molecular complexity index is 3470. The minimum absolute atomic E-state index is 0.0106. The number of anilines is 3. The van der Waals surface area contributed by atoms with Crippen LogP contribution in [-0.4, -0.2) is 169 Å². The second kappa shape index (κ2) is 37.3. The van der Waals surface area contributed by atoms with E-state index in [4.69, 9.17) is 92.0 Å². The minimum atomic E-state index is -1.47. The number of carboxylic acids is 2. The zero-order chi connectivity index (χ0) is 68.9. The average Bonchev–Trinajstić information content (AvgIpc) is 1.16. The molecular weight excluding hydrogens is 1290 g/mol. The number of nitrogen functional groups attached to an aromatic ring is 1. The first kappa shape index (κ1) is 75.5. The molecule has 0 aromatic carbocycles. The summed E-state index contributed by atoms with van der Waals surface area (Å²) in [5, 5.41) is 68.8. The van der Waals surface area contributed by atoms with Crippen LogP contribution in [0.1, 0.15) is 111 Å². The number of halogens is 3. The van der Waals surface area contributed by atoms with E-state index in [0.29, 0.717) is 5.69 Å². The third-order valence-corrected chi connectivity index (χ3v) is 12.2. The summed E-state index contributed by atoms with van der Waals surface area (Å²) < 4.78 is 19.5. The molecule has 2 aliphatic heterocycles. The number of hydrogen-bond acceptors (Lipinski definition) is 25. The van der Waals surface area contributed by atoms with Gasteiger partial charge in [-0.15, -0.1) is 0 Å². The Labute approximate surface area is 536 Å². The molecule has 0 saturated carbocycles. The van der Waals surface area contributed by atoms with Gasteiger partial charge in [-0.1, -0.05) is 34.8 Å². The van der Waals surface area contributed by atoms with Gasteiger partial charge in [-0.2, -0.15) is 0 Å². The summed E-state index contributed by atoms with van der Waals surface area (Å²) in [7, 11) is 0. The van der Waals surface area contributed by atoms with Crippen molar-refractivity contribution in [1.29, 1.82) is 10.8 Å². The topological polar surface area (TPSA) is 579 Å². The summed E-state index contributed by atoms with van der Waals surface area (Å²) in [6, 6.07) is -1.58. The number of carboxylic acid groups (broad SMARTS) is 2. The standard InChI is InChI=1S/C21H26ClN7O7.C17H18ClN7O7.C15H20ClN3O5/c1-3-35-15(31)6-5-12(20(33)36-4-2)27-19(32)16-11(22)7-10(9-25-16)26-21(34)29-17-13(30)8-14(23)28-18(17)24;18-7-3-6(22-17(32)25-13-9(26)4-10(19)24-14(13)20)5-21-12(7)15(29)23-8(16(30)31)1-2-11(27)28;1-3-23-12(20)6-5-11(15(22)24-4-2)19-14(21)13-10(16)7-9(17)8-18-13/h7,9,12,30H,3-6,8H2,1-2H3,(H,27,32)(H3,23,24,28)(H2,26,29,34);3,5,8,26H,1-2,4H2,(H,23,29)(H,27,28)(H,30,31)(H3,19,20,24)(H2,22,25,32);7-8,11H,3-6,17H2,1-2H3,(H,19,21)/t12-;8-;11-/m000/s1. The molecule has 0 aliphatic carbocycles. The molecule has 7 amide bonds. The van der Waals surface area contributed by atoms with Crippen molar-refractivity contribution in [1.82, 2.24) is 41.5 Å². The second-order valence-corrected chi connectivity index (χ2v) is 19.5. The molecule has 0 saturated heterocycles. The number of nitrogens with zero attached hydrogens (tertiary/aromatic N) is 5. The summed E-state index contributed by atoms with van der Waals surface area (Å²) >= 11 is 18.1. The Kier molecular flexibility index (Phi) is 30.6. The van der Waals surface area contributed by atoms with Crippen LogP contribution in [0.5, 0.6) is 0 Å². The van der Waals surface area contributed by atoms with Gasteiger partial charge in [-0.3, -0.25) is 39.6 Å². The van der Waals surface area contributed by atoms with Crippen LogP contribution in [0.25, 0.3) is 0 Å². The predicted octanol–water partition coefficient (Wildman–Crippen LogP) is 3.10. The van der Waals surface area contributed by atoms with E-state index in [-0.39, 0.29) is 149 Å². The number of aliphatic hydroxyl groups excluding tert-OH is 2. The van der Waals surface area contributed by atoms with Crippen molar-refractivity contribution in [3.8, 4) is 0 Å². The van der Waals surface area contributed by atoms with Crippen LogP contribution in [0.15, 0.2) is 69.7 Å². The van der Waals surface area contributed by atoms with E-state index in [1.807, 2.05) is 0 Å². The molecule has 0 bridgehead atoms. The van der Waals surface area contributed by atoms with Gasteiger partial charge < -0.3 is 93.8 Å². The summed E-state index contributed by atoms with van der Waals surface area (Å²) in [4.78, 5) is 150. The van der Waals surface area contributed by atoms with Crippen LogP contribution >= 0.6 is 34.8 Å². The van der Waals surface area contributed by atoms with Gasteiger partial charge in [-0.25, -0.2) is 48.9 Å². The number of rotatable bonds is 26. The number of ether oxygens (including phenoxy) is 4. The maximum absolute atomic E-state index is 12.7. The fourth-order valence-electron chi connectivity index (χ4n) is 7.23. The monoisotopic (exact) mass is 1350 g/mol. The van der Waals surface area contributed by atoms with Gasteiger partial charge in [0.2, 0.25) is 0 Å². The quantitative estimate of drug-likeness (QED) is 0.0405. The summed E-state index contributed by atoms with van der Waals surface area (Å²) in [6.07, 6.45) is 2.19. The SMILES string of the molecule is CCOC(=O)CC[C@H](NC(=O)c1ncc(N)cc1Cl)C(=O)OCC.CCOC(=O)CC[C@H](NC(=O)c1ncc(NC(=O)NC2=C(O)CC(N)=NC2=N)cc1Cl)C(=O)OCC.N=C1N=C(N)CC(O)=C1NC(=O)Nc1cnc(C(=O)N[C@@H](CCC(=O)O)C(=O)O)c(Cl)c1. The van der Waals surface area contributed by atoms with Crippen molar-refractivity contribution < 1.29 is 92.1 Å². The highest BCUT2D eigenvalue weighted by atomic mass is 35.5. The number of hydrogen-bond donors (Lipinski definition) is 16. The van der Waals surface area contributed by atoms with E-state index in [1.165, 1.54) is 18.3 Å². The van der Waals surface area contributed by atoms with Crippen LogP contribution in [0, 0.1) is 10.8 Å². The van der Waals surface area contributed by atoms with Crippen molar-refractivity contribution in [2.24, 2.45) is 21.5 Å². The number of aliphatic carboxylic acids is 2. The van der Waals surface area contributed by atoms with E-state index < -0.39 is 102 Å². The number of carbonyl (C=O) groups excluding carboxylic acids is 9. The Morgan fingerprint density at radius 2 is 0.870 bits per heavy atom. The van der Waals surface area contributed by atoms with Crippen molar-refractivity contribution >= 4 is 141 Å². The number of nitrogens with one attached hydrogen (secondary N) is 9. The number of dihydropyridines is 2. The fraction of sp³-hybridized carbons (Fsp3) is 0.358. The molecule has 0 unspecified atom stereocenters. The predicted molar refractivity (Wildman–Crippen MR) is 327 cm³/mol. The lowest BCUT2D eigenvalue weighted by Crippen LogP contribution is -2.42. The Hall–Kier alpha value is -10.8. The van der Waals surface area contributed by atoms with E-state index in [1.54, 1.807) is 27.7 Å². The second-order valence-electron chi connectivity index (χ2n) is 18.3. The molecule has 3 atom stereocenters. The van der Waals surface area contributed by atoms with E-state index in [9.17, 15) is 63.0 Å². The lowest BCUT2D eigenvalue weighted by Gasteiger charge is -2.17. The number of carbonyl (C=O) groups is 11. The molecule has 3 aromatic rings. The molecular formula is C53H64Cl3N17O19. The van der Waals surface area contributed by atoms with Gasteiger partial charge in [0.15, 0.2) is 11.7 Å². The lowest BCUT2D eigenvalue weighted by atomic mass is 10.1. The average molecular weight is 1350 g/mol. The zero-order valence-electron chi connectivity index (χ0n) is 49.2. The number of urea groups is 2. The van der Waals surface area contributed by atoms with Gasteiger partial charge in [0, 0.05) is 19.3 Å². The van der Waals surface area contributed by atoms with E-state index >= 15 is 0 Å². The number of aromatic nitrogens is 3. The molecule has 0 fully saturated rings. The summed E-state index contributed by atoms with van der Waals surface area (Å²) in [6.45, 7) is 7.19. The van der Waals surface area contributed by atoms with Crippen LogP contribution in [0.3, 0.4) is 0 Å². The Morgan fingerprint density at radius 1 is 0.522 bits per heavy atom. The van der Waals surface area contributed by atoms with Gasteiger partial charge in [-0.05, 0) is 65.2 Å². The van der Waals surface area contributed by atoms with Crippen LogP contribution in [-0.2, 0) is 47.7 Å². The normalized spacial score (nSPS) is 13.4. The fourth-order valence-corrected chi connectivity index (χ4v) is 8.00. The molecule has 0 radical (unpaired) electrons. The van der Waals surface area contributed by atoms with Crippen molar-refractivity contribution in [2.45, 2.75) is 97.2 Å². The molecule has 19 N–H and O–H groups in total. The molecule has 0 spiro atoms. The smallest absolute Gasteiger partial charge is 0.328 e. The van der Waals surface area contributed by atoms with E-state index in [0.717, 1.165) is 18.5 Å². The van der Waals surface area contributed by atoms with Gasteiger partial charge in [0.1, 0.15) is 69.8 Å². The molecule has 2 aliphatic rings. The first-order chi connectivity index (χ1) is 43.4. The third-order valence-electron chi connectivity index (χ3n) is 11.3. The van der Waals surface area contributed by atoms with Crippen LogP contribution < -0.4 is 54.4 Å². The summed E-state index contributed by atoms with van der Waals surface area (Å²) in [5.74, 6) is -8.98. The Morgan fingerprint density at radius 3 is 1.20 bits per heavy atom. The van der Waals surface area contributed by atoms with Crippen LogP contribution in [0.2, 0.25) is 15.1 Å². The minimum Gasteiger partial charge on any atom is -0.510 e. The first-order valence-corrected chi connectivity index (χ1v) is 28.1. The third kappa shape index (κ3) is 25.0. The number of aliphatic hydroxyl groups is 2. The highest BCUT2D eigenvalue weighted by Crippen LogP contribution is 2.22. The molecule has 92 heavy (non-hydrogen) atoms. The van der Waals surface area contributed by atoms with Crippen molar-refractivity contribution in [2.75, 3.05) is 42.8 Å². The van der Waals surface area contributed by atoms with Gasteiger partial charge in [0.05, 0.1) is 90.0 Å². The van der Waals surface area contributed by atoms with Gasteiger partial charge >= 0.3 is 47.9 Å². The largest absolute Gasteiger partial charge is 0.510 e. The number of aliphatic imine (C=N–C) groups is 2. The lowest BCUT2D eigenvalue weighted by molar-refractivity contribution is -0.148. The molecule has 3 aromatic heterocycles. The molecule has 496 valence electrons. The highest BCUT2D eigenvalue weighted by Gasteiger charge is 2.29. The molecule has 5 rings (SSSR count). The van der Waals surface area contributed by atoms with Crippen LogP contribution in [0.4, 0.5) is 26.7 Å². The molecule has 5 heterocycles. The molecule has 39 heteroatoms.